The quantitative estimate of drug-likeness (QED) is 0.580. The van der Waals surface area contributed by atoms with Gasteiger partial charge in [-0.15, -0.1) is 0 Å². The number of carbonyl (C=O) groups excluding carboxylic acids is 3. The first kappa shape index (κ1) is 21.1. The van der Waals surface area contributed by atoms with Gasteiger partial charge >= 0.3 is 18.2 Å². The molecule has 1 aromatic rings. The number of carbonyl (C=O) groups is 3. The molecule has 28 heavy (non-hydrogen) atoms. The molecular weight excluding hydrogens is 368 g/mol. The number of hydrogen-bond acceptors (Lipinski definition) is 8. The fourth-order valence-corrected chi connectivity index (χ4v) is 2.11. The minimum Gasteiger partial charge on any atom is -0.444 e. The largest absolute Gasteiger partial charge is 0.508 e. The van der Waals surface area contributed by atoms with Crippen molar-refractivity contribution in [3.05, 3.63) is 36.7 Å². The summed E-state index contributed by atoms with van der Waals surface area (Å²) in [4.78, 5) is 35.0. The number of rotatable bonds is 5. The number of anilines is 1. The van der Waals surface area contributed by atoms with E-state index in [1.807, 2.05) is 0 Å². The lowest BCUT2D eigenvalue weighted by Crippen LogP contribution is -2.45. The van der Waals surface area contributed by atoms with Crippen LogP contribution in [0.2, 0.25) is 0 Å². The number of amides is 1. The van der Waals surface area contributed by atoms with Crippen molar-refractivity contribution in [2.75, 3.05) is 18.5 Å². The summed E-state index contributed by atoms with van der Waals surface area (Å²) in [5, 5.41) is 5.37. The first-order valence-corrected chi connectivity index (χ1v) is 8.55. The van der Waals surface area contributed by atoms with Crippen LogP contribution in [0.4, 0.5) is 15.3 Å². The fraction of sp³-hybridized carbons (Fsp3) is 0.421. The molecular formula is C19H24N2O7. The third-order valence-corrected chi connectivity index (χ3v) is 3.52. The Hall–Kier alpha value is -3.23. The Morgan fingerprint density at radius 2 is 1.71 bits per heavy atom. The zero-order valence-electron chi connectivity index (χ0n) is 16.3. The Bertz CT molecular complexity index is 755. The molecule has 2 N–H and O–H groups in total. The maximum Gasteiger partial charge on any atom is 0.508 e. The van der Waals surface area contributed by atoms with E-state index >= 15 is 0 Å². The van der Waals surface area contributed by atoms with Crippen LogP contribution in [-0.2, 0) is 19.0 Å². The first-order chi connectivity index (χ1) is 13.0. The van der Waals surface area contributed by atoms with Crippen LogP contribution in [0.25, 0.3) is 0 Å². The molecule has 0 radical (unpaired) electrons. The van der Waals surface area contributed by atoms with E-state index in [0.717, 1.165) is 0 Å². The molecule has 0 aliphatic carbocycles. The monoisotopic (exact) mass is 392 g/mol. The number of benzene rings is 1. The lowest BCUT2D eigenvalue weighted by Gasteiger charge is -2.29. The first-order valence-electron chi connectivity index (χ1n) is 8.55. The highest BCUT2D eigenvalue weighted by Gasteiger charge is 2.42. The summed E-state index contributed by atoms with van der Waals surface area (Å²) < 4.78 is 20.0. The Labute approximate surface area is 163 Å². The van der Waals surface area contributed by atoms with Crippen molar-refractivity contribution in [1.82, 2.24) is 5.32 Å². The number of esters is 1. The fourth-order valence-electron chi connectivity index (χ4n) is 2.11. The van der Waals surface area contributed by atoms with E-state index in [2.05, 4.69) is 17.2 Å². The van der Waals surface area contributed by atoms with Gasteiger partial charge in [0, 0.05) is 5.69 Å². The van der Waals surface area contributed by atoms with Crippen LogP contribution in [0.3, 0.4) is 0 Å². The molecule has 0 unspecified atom stereocenters. The second kappa shape index (κ2) is 8.20. The Kier molecular flexibility index (Phi) is 6.17. The van der Waals surface area contributed by atoms with Crippen molar-refractivity contribution in [3.8, 4) is 5.75 Å². The molecule has 2 rings (SSSR count). The van der Waals surface area contributed by atoms with Gasteiger partial charge in [0.15, 0.2) is 0 Å². The highest BCUT2D eigenvalue weighted by Crippen LogP contribution is 2.26. The molecule has 1 heterocycles. The normalized spacial score (nSPS) is 15.5. The molecule has 1 amide bonds. The summed E-state index contributed by atoms with van der Waals surface area (Å²) in [7, 11) is 0. The van der Waals surface area contributed by atoms with Gasteiger partial charge in [-0.1, -0.05) is 6.58 Å². The topological polar surface area (TPSA) is 112 Å². The third kappa shape index (κ3) is 6.19. The van der Waals surface area contributed by atoms with Gasteiger partial charge in [-0.3, -0.25) is 10.1 Å². The molecule has 0 bridgehead atoms. The average molecular weight is 392 g/mol. The van der Waals surface area contributed by atoms with E-state index < -0.39 is 29.2 Å². The molecule has 9 nitrogen and oxygen atoms in total. The van der Waals surface area contributed by atoms with Gasteiger partial charge in [0.2, 0.25) is 0 Å². The smallest absolute Gasteiger partial charge is 0.444 e. The number of cyclic esters (lactones) is 2. The van der Waals surface area contributed by atoms with Crippen molar-refractivity contribution in [3.63, 3.8) is 0 Å². The number of nitrogens with one attached hydrogen (secondary N) is 2. The molecule has 0 aromatic heterocycles. The van der Waals surface area contributed by atoms with Gasteiger partial charge in [0.1, 0.15) is 35.8 Å². The summed E-state index contributed by atoms with van der Waals surface area (Å²) in [5.74, 6) is -0.0382. The summed E-state index contributed by atoms with van der Waals surface area (Å²) in [5.41, 5.74) is -1.08. The van der Waals surface area contributed by atoms with E-state index in [-0.39, 0.29) is 19.0 Å². The molecule has 1 aromatic carbocycles. The lowest BCUT2D eigenvalue weighted by molar-refractivity contribution is -0.156. The Morgan fingerprint density at radius 3 is 2.25 bits per heavy atom. The second-order valence-electron chi connectivity index (χ2n) is 7.53. The van der Waals surface area contributed by atoms with Gasteiger partial charge < -0.3 is 24.3 Å². The van der Waals surface area contributed by atoms with Crippen LogP contribution in [0.1, 0.15) is 27.7 Å². The van der Waals surface area contributed by atoms with Gasteiger partial charge in [0.05, 0.1) is 0 Å². The standard InChI is InChI=1S/C19H24N2O7/c1-12(21-16(23)28-18(2,3)4)20-13-6-8-14(9-7-13)27-15(22)19(5)10-25-17(24)26-11-19/h6-9,20H,1,10-11H2,2-5H3,(H,21,23). The summed E-state index contributed by atoms with van der Waals surface area (Å²) in [6.07, 6.45) is -1.43. The van der Waals surface area contributed by atoms with E-state index in [0.29, 0.717) is 11.4 Å². The van der Waals surface area contributed by atoms with E-state index in [9.17, 15) is 14.4 Å². The van der Waals surface area contributed by atoms with Crippen molar-refractivity contribution in [1.29, 1.82) is 0 Å². The Balaban J connectivity index is 1.87. The lowest BCUT2D eigenvalue weighted by atomic mass is 9.92. The highest BCUT2D eigenvalue weighted by molar-refractivity contribution is 5.80. The molecule has 0 atom stereocenters. The van der Waals surface area contributed by atoms with Gasteiger partial charge in [-0.05, 0) is 52.0 Å². The summed E-state index contributed by atoms with van der Waals surface area (Å²) in [6, 6.07) is 6.43. The third-order valence-electron chi connectivity index (χ3n) is 3.52. The van der Waals surface area contributed by atoms with E-state index in [1.165, 1.54) is 0 Å². The average Bonchev–Trinajstić information content (AvgIpc) is 2.57. The van der Waals surface area contributed by atoms with Crippen molar-refractivity contribution in [2.24, 2.45) is 5.41 Å². The van der Waals surface area contributed by atoms with Crippen LogP contribution >= 0.6 is 0 Å². The summed E-state index contributed by atoms with van der Waals surface area (Å²) in [6.45, 7) is 10.3. The van der Waals surface area contributed by atoms with Gasteiger partial charge in [-0.2, -0.15) is 0 Å². The van der Waals surface area contributed by atoms with Crippen LogP contribution < -0.4 is 15.4 Å². The van der Waals surface area contributed by atoms with Crippen LogP contribution in [0.15, 0.2) is 36.7 Å². The van der Waals surface area contributed by atoms with E-state index in [4.69, 9.17) is 18.9 Å². The maximum atomic E-state index is 12.3. The van der Waals surface area contributed by atoms with Crippen LogP contribution in [-0.4, -0.2) is 37.0 Å². The SMILES string of the molecule is C=C(NC(=O)OC(C)(C)C)Nc1ccc(OC(=O)C2(C)COC(=O)OC2)cc1. The molecule has 1 fully saturated rings. The van der Waals surface area contributed by atoms with Gasteiger partial charge in [0.25, 0.3) is 0 Å². The molecule has 1 aliphatic rings. The zero-order chi connectivity index (χ0) is 20.9. The molecule has 152 valence electrons. The number of ether oxygens (including phenoxy) is 4. The molecule has 0 saturated carbocycles. The van der Waals surface area contributed by atoms with Crippen LogP contribution in [0, 0.1) is 5.41 Å². The van der Waals surface area contributed by atoms with Crippen molar-refractivity contribution in [2.45, 2.75) is 33.3 Å². The van der Waals surface area contributed by atoms with Crippen molar-refractivity contribution >= 4 is 23.9 Å². The van der Waals surface area contributed by atoms with Crippen molar-refractivity contribution < 1.29 is 33.3 Å². The number of alkyl carbamates (subject to hydrolysis) is 1. The predicted octanol–water partition coefficient (Wildman–Crippen LogP) is 3.17. The minimum absolute atomic E-state index is 0.111. The zero-order valence-corrected chi connectivity index (χ0v) is 16.3. The van der Waals surface area contributed by atoms with E-state index in [1.54, 1.807) is 52.0 Å². The predicted molar refractivity (Wildman–Crippen MR) is 99.6 cm³/mol. The van der Waals surface area contributed by atoms with Gasteiger partial charge in [-0.25, -0.2) is 9.59 Å². The highest BCUT2D eigenvalue weighted by atomic mass is 16.7. The maximum absolute atomic E-state index is 12.3. The summed E-state index contributed by atoms with van der Waals surface area (Å²) >= 11 is 0. The minimum atomic E-state index is -1.07. The Morgan fingerprint density at radius 1 is 1.14 bits per heavy atom. The number of hydrogen-bond donors (Lipinski definition) is 2. The molecule has 0 spiro atoms. The molecule has 9 heteroatoms. The molecule has 1 saturated heterocycles. The molecule has 1 aliphatic heterocycles. The second-order valence-corrected chi connectivity index (χ2v) is 7.53. The van der Waals surface area contributed by atoms with Crippen LogP contribution in [0.5, 0.6) is 5.75 Å².